The number of oxazole rings is 1. The summed E-state index contributed by atoms with van der Waals surface area (Å²) in [5, 5.41) is 20.0. The summed E-state index contributed by atoms with van der Waals surface area (Å²) in [6, 6.07) is 7.80. The third-order valence-corrected chi connectivity index (χ3v) is 4.28. The lowest BCUT2D eigenvalue weighted by atomic mass is 10.2. The topological polar surface area (TPSA) is 143 Å². The number of carbonyl (C=O) groups excluding carboxylic acids is 1. The molecule has 0 bridgehead atoms. The molecule has 3 aromatic heterocycles. The monoisotopic (exact) mass is 383 g/mol. The van der Waals surface area contributed by atoms with Gasteiger partial charge in [-0.1, -0.05) is 0 Å². The van der Waals surface area contributed by atoms with Crippen molar-refractivity contribution in [3.05, 3.63) is 52.1 Å². The number of anilines is 1. The van der Waals surface area contributed by atoms with Crippen LogP contribution < -0.4 is 4.90 Å². The summed E-state index contributed by atoms with van der Waals surface area (Å²) >= 11 is 0. The van der Waals surface area contributed by atoms with Crippen molar-refractivity contribution in [2.45, 2.75) is 0 Å². The van der Waals surface area contributed by atoms with Crippen LogP contribution in [0.2, 0.25) is 0 Å². The Labute approximate surface area is 157 Å². The molecule has 1 aliphatic rings. The molecule has 0 unspecified atom stereocenters. The molecular formula is C17H13N5O6. The van der Waals surface area contributed by atoms with Crippen molar-refractivity contribution in [2.24, 2.45) is 0 Å². The third-order valence-electron chi connectivity index (χ3n) is 4.28. The molecule has 0 radical (unpaired) electrons. The summed E-state index contributed by atoms with van der Waals surface area (Å²) < 4.78 is 15.9. The van der Waals surface area contributed by atoms with Crippen LogP contribution in [0.5, 0.6) is 0 Å². The summed E-state index contributed by atoms with van der Waals surface area (Å²) in [5.41, 5.74) is 0.132. The average Bonchev–Trinajstić information content (AvgIpc) is 3.47. The molecule has 3 aromatic rings. The Morgan fingerprint density at radius 3 is 2.61 bits per heavy atom. The van der Waals surface area contributed by atoms with E-state index in [-0.39, 0.29) is 17.3 Å². The lowest BCUT2D eigenvalue weighted by molar-refractivity contribution is -0.402. The van der Waals surface area contributed by atoms with Crippen LogP contribution in [0.25, 0.3) is 11.7 Å². The molecule has 11 nitrogen and oxygen atoms in total. The lowest BCUT2D eigenvalue weighted by Gasteiger charge is -2.33. The van der Waals surface area contributed by atoms with Gasteiger partial charge in [0.25, 0.3) is 11.8 Å². The van der Waals surface area contributed by atoms with Crippen molar-refractivity contribution in [2.75, 3.05) is 31.1 Å². The van der Waals surface area contributed by atoms with Gasteiger partial charge in [0.15, 0.2) is 11.5 Å². The highest BCUT2D eigenvalue weighted by Crippen LogP contribution is 2.29. The minimum absolute atomic E-state index is 0.0855. The molecule has 1 saturated heterocycles. The van der Waals surface area contributed by atoms with E-state index in [4.69, 9.17) is 13.3 Å². The van der Waals surface area contributed by atoms with Crippen molar-refractivity contribution >= 4 is 17.7 Å². The summed E-state index contributed by atoms with van der Waals surface area (Å²) in [6.07, 6.45) is 1.48. The normalized spacial score (nSPS) is 14.1. The van der Waals surface area contributed by atoms with Crippen LogP contribution in [0.3, 0.4) is 0 Å². The van der Waals surface area contributed by atoms with Crippen molar-refractivity contribution < 1.29 is 23.0 Å². The quantitative estimate of drug-likeness (QED) is 0.489. The maximum Gasteiger partial charge on any atom is 0.433 e. The standard InChI is InChI=1S/C17H13N5O6/c18-10-11-17(28-15(19-11)12-2-1-9-26-12)21-7-5-20(6-8-21)16(23)13-3-4-14(27-13)22(24)25/h1-4,9H,5-8H2. The van der Waals surface area contributed by atoms with Gasteiger partial charge >= 0.3 is 5.88 Å². The van der Waals surface area contributed by atoms with Gasteiger partial charge in [0.1, 0.15) is 11.0 Å². The minimum Gasteiger partial charge on any atom is -0.459 e. The maximum atomic E-state index is 12.5. The van der Waals surface area contributed by atoms with Gasteiger partial charge in [0.2, 0.25) is 11.6 Å². The van der Waals surface area contributed by atoms with Gasteiger partial charge in [0, 0.05) is 26.2 Å². The molecule has 4 rings (SSSR count). The fourth-order valence-corrected chi connectivity index (χ4v) is 2.91. The van der Waals surface area contributed by atoms with E-state index in [9.17, 15) is 20.2 Å². The van der Waals surface area contributed by atoms with Crippen LogP contribution >= 0.6 is 0 Å². The number of nitriles is 1. The number of nitrogens with zero attached hydrogens (tertiary/aromatic N) is 5. The minimum atomic E-state index is -0.696. The van der Waals surface area contributed by atoms with Gasteiger partial charge in [0.05, 0.1) is 12.3 Å². The first kappa shape index (κ1) is 17.3. The summed E-state index contributed by atoms with van der Waals surface area (Å²) in [6.45, 7) is 1.45. The first-order chi connectivity index (χ1) is 13.6. The Kier molecular flexibility index (Phi) is 4.29. The van der Waals surface area contributed by atoms with Crippen LogP contribution in [0.15, 0.2) is 43.8 Å². The van der Waals surface area contributed by atoms with Gasteiger partial charge in [-0.05, 0) is 18.2 Å². The molecule has 1 aliphatic heterocycles. The van der Waals surface area contributed by atoms with E-state index in [0.29, 0.717) is 37.8 Å². The summed E-state index contributed by atoms with van der Waals surface area (Å²) in [4.78, 5) is 29.9. The number of nitro groups is 1. The first-order valence-corrected chi connectivity index (χ1v) is 8.30. The first-order valence-electron chi connectivity index (χ1n) is 8.30. The van der Waals surface area contributed by atoms with Crippen LogP contribution in [0.4, 0.5) is 11.8 Å². The predicted molar refractivity (Wildman–Crippen MR) is 92.4 cm³/mol. The molecule has 0 aliphatic carbocycles. The van der Waals surface area contributed by atoms with Gasteiger partial charge in [-0.2, -0.15) is 10.2 Å². The summed E-state index contributed by atoms with van der Waals surface area (Å²) in [5.74, 6) is -0.0592. The van der Waals surface area contributed by atoms with E-state index in [1.165, 1.54) is 17.2 Å². The molecule has 1 amide bonds. The van der Waals surface area contributed by atoms with Crippen LogP contribution in [-0.4, -0.2) is 46.9 Å². The Morgan fingerprint density at radius 2 is 2.00 bits per heavy atom. The van der Waals surface area contributed by atoms with Gasteiger partial charge in [-0.25, -0.2) is 0 Å². The lowest BCUT2D eigenvalue weighted by Crippen LogP contribution is -2.48. The second-order valence-electron chi connectivity index (χ2n) is 5.94. The van der Waals surface area contributed by atoms with E-state index >= 15 is 0 Å². The number of carbonyl (C=O) groups is 1. The van der Waals surface area contributed by atoms with Gasteiger partial charge in [-0.15, -0.1) is 0 Å². The van der Waals surface area contributed by atoms with Crippen LogP contribution in [-0.2, 0) is 0 Å². The molecule has 142 valence electrons. The number of rotatable bonds is 4. The van der Waals surface area contributed by atoms with E-state index < -0.39 is 16.7 Å². The molecule has 28 heavy (non-hydrogen) atoms. The number of hydrogen-bond acceptors (Lipinski definition) is 9. The second-order valence-corrected chi connectivity index (χ2v) is 5.94. The Morgan fingerprint density at radius 1 is 1.21 bits per heavy atom. The molecule has 0 atom stereocenters. The van der Waals surface area contributed by atoms with Crippen molar-refractivity contribution in [1.82, 2.24) is 9.88 Å². The van der Waals surface area contributed by atoms with Crippen molar-refractivity contribution in [3.63, 3.8) is 0 Å². The number of amides is 1. The summed E-state index contributed by atoms with van der Waals surface area (Å²) in [7, 11) is 0. The molecule has 11 heteroatoms. The Bertz CT molecular complexity index is 1050. The Balaban J connectivity index is 1.46. The zero-order chi connectivity index (χ0) is 19.7. The highest BCUT2D eigenvalue weighted by Gasteiger charge is 2.29. The van der Waals surface area contributed by atoms with Crippen molar-refractivity contribution in [3.8, 4) is 17.7 Å². The highest BCUT2D eigenvalue weighted by atomic mass is 16.6. The average molecular weight is 383 g/mol. The van der Waals surface area contributed by atoms with Gasteiger partial charge < -0.3 is 23.1 Å². The fourth-order valence-electron chi connectivity index (χ4n) is 2.91. The number of piperazine rings is 1. The molecule has 0 N–H and O–H groups in total. The molecule has 1 fully saturated rings. The fraction of sp³-hybridized carbons (Fsp3) is 0.235. The number of aromatic nitrogens is 1. The highest BCUT2D eigenvalue weighted by molar-refractivity contribution is 5.92. The third kappa shape index (κ3) is 3.07. The zero-order valence-corrected chi connectivity index (χ0v) is 14.4. The largest absolute Gasteiger partial charge is 0.459 e. The molecule has 0 saturated carbocycles. The number of furan rings is 2. The van der Waals surface area contributed by atoms with E-state index in [0.717, 1.165) is 6.07 Å². The number of hydrogen-bond donors (Lipinski definition) is 0. The zero-order valence-electron chi connectivity index (χ0n) is 14.4. The molecule has 0 spiro atoms. The van der Waals surface area contributed by atoms with Crippen LogP contribution in [0, 0.1) is 21.4 Å². The molecular weight excluding hydrogens is 370 g/mol. The van der Waals surface area contributed by atoms with E-state index in [2.05, 4.69) is 4.98 Å². The SMILES string of the molecule is N#Cc1nc(-c2ccco2)oc1N1CCN(C(=O)c2ccc([N+](=O)[O-])o2)CC1. The molecule has 4 heterocycles. The van der Waals surface area contributed by atoms with Crippen molar-refractivity contribution in [1.29, 1.82) is 5.26 Å². The predicted octanol–water partition coefficient (Wildman–Crippen LogP) is 2.27. The van der Waals surface area contributed by atoms with Gasteiger partial charge in [-0.3, -0.25) is 14.9 Å². The second kappa shape index (κ2) is 6.92. The van der Waals surface area contributed by atoms with E-state index in [1.807, 2.05) is 11.0 Å². The maximum absolute atomic E-state index is 12.5. The Hall–Kier alpha value is -4.07. The smallest absolute Gasteiger partial charge is 0.433 e. The van der Waals surface area contributed by atoms with E-state index in [1.54, 1.807) is 12.1 Å². The molecule has 0 aromatic carbocycles. The van der Waals surface area contributed by atoms with Crippen LogP contribution in [0.1, 0.15) is 16.2 Å².